The number of nitrogens with zero attached hydrogens (tertiary/aromatic N) is 2. The lowest BCUT2D eigenvalue weighted by Crippen LogP contribution is -2.51. The first-order valence-electron chi connectivity index (χ1n) is 16.8. The molecule has 2 fully saturated rings. The molecule has 0 radical (unpaired) electrons. The first-order chi connectivity index (χ1) is 23.7. The van der Waals surface area contributed by atoms with E-state index in [2.05, 4.69) is 34.9 Å². The zero-order valence-corrected chi connectivity index (χ0v) is 28.5. The van der Waals surface area contributed by atoms with Gasteiger partial charge >= 0.3 is 6.03 Å². The molecule has 0 spiro atoms. The van der Waals surface area contributed by atoms with Crippen LogP contribution in [-0.2, 0) is 35.4 Å². The molecule has 0 bridgehead atoms. The van der Waals surface area contributed by atoms with Crippen LogP contribution < -0.4 is 10.6 Å². The van der Waals surface area contributed by atoms with Crippen molar-refractivity contribution in [1.82, 2.24) is 20.4 Å². The van der Waals surface area contributed by atoms with Gasteiger partial charge in [0.15, 0.2) is 5.79 Å². The first kappa shape index (κ1) is 33.9. The number of amides is 4. The predicted molar refractivity (Wildman–Crippen MR) is 188 cm³/mol. The van der Waals surface area contributed by atoms with Crippen LogP contribution in [0.15, 0.2) is 109 Å². The van der Waals surface area contributed by atoms with Gasteiger partial charge in [-0.25, -0.2) is 4.79 Å². The molecule has 2 N–H and O–H groups in total. The Morgan fingerprint density at radius 2 is 1.00 bits per heavy atom. The van der Waals surface area contributed by atoms with Crippen LogP contribution in [0.2, 0.25) is 0 Å². The molecule has 0 saturated carbocycles. The Kier molecular flexibility index (Phi) is 10.1. The molecule has 9 nitrogen and oxygen atoms in total. The Labute approximate surface area is 288 Å². The molecular formula is C40H44N4O5. The molecule has 4 amide bonds. The van der Waals surface area contributed by atoms with Crippen LogP contribution in [0.25, 0.3) is 0 Å². The third-order valence-electron chi connectivity index (χ3n) is 9.33. The van der Waals surface area contributed by atoms with Gasteiger partial charge in [-0.05, 0) is 73.2 Å². The van der Waals surface area contributed by atoms with Crippen LogP contribution in [0, 0.1) is 0 Å². The van der Waals surface area contributed by atoms with Crippen molar-refractivity contribution in [3.05, 3.63) is 143 Å². The summed E-state index contributed by atoms with van der Waals surface area (Å²) in [6, 6.07) is 34.1. The maximum atomic E-state index is 15.3. The summed E-state index contributed by atoms with van der Waals surface area (Å²) in [6.45, 7) is 4.36. The Morgan fingerprint density at radius 1 is 0.612 bits per heavy atom. The smallest absolute Gasteiger partial charge is 0.321 e. The van der Waals surface area contributed by atoms with Crippen molar-refractivity contribution in [3.8, 4) is 0 Å². The molecule has 4 aromatic rings. The molecule has 2 saturated heterocycles. The molecule has 0 aliphatic carbocycles. The Hall–Kier alpha value is -4.99. The lowest BCUT2D eigenvalue weighted by molar-refractivity contribution is -0.157. The van der Waals surface area contributed by atoms with Crippen molar-refractivity contribution in [2.45, 2.75) is 69.9 Å². The Balaban J connectivity index is 1.49. The number of urea groups is 1. The molecule has 2 aliphatic heterocycles. The van der Waals surface area contributed by atoms with E-state index in [4.69, 9.17) is 9.47 Å². The molecule has 2 heterocycles. The average Bonchev–Trinajstić information content (AvgIpc) is 3.42. The fourth-order valence-corrected chi connectivity index (χ4v) is 7.05. The number of rotatable bonds is 10. The van der Waals surface area contributed by atoms with Crippen molar-refractivity contribution in [2.75, 3.05) is 14.1 Å². The Bertz CT molecular complexity index is 1650. The van der Waals surface area contributed by atoms with Gasteiger partial charge in [-0.3, -0.25) is 9.59 Å². The Morgan fingerprint density at radius 3 is 1.39 bits per heavy atom. The third-order valence-corrected chi connectivity index (χ3v) is 9.33. The highest BCUT2D eigenvalue weighted by Gasteiger charge is 2.55. The standard InChI is InChI=1S/C40H44N4O5/c1-40(2)48-35-33(23-27-13-7-5-8-14-27)43(25-29-17-11-19-31(21-29)37(45)41-3)39(47)44(26-30-18-12-20-32(22-30)38(46)42-4)34(36(35)49-40)24-28-15-9-6-10-16-28/h5-22,33-36H,23-26H2,1-4H3,(H,41,45)(H,42,46)/t33-,34-,35+,36+/m1/s1. The largest absolute Gasteiger partial charge is 0.355 e. The predicted octanol–water partition coefficient (Wildman–Crippen LogP) is 5.59. The summed E-state index contributed by atoms with van der Waals surface area (Å²) in [5, 5.41) is 5.40. The van der Waals surface area contributed by atoms with Crippen LogP contribution in [0.1, 0.15) is 56.8 Å². The van der Waals surface area contributed by atoms with Crippen molar-refractivity contribution in [1.29, 1.82) is 0 Å². The third kappa shape index (κ3) is 7.69. The van der Waals surface area contributed by atoms with Gasteiger partial charge in [-0.15, -0.1) is 0 Å². The van der Waals surface area contributed by atoms with E-state index in [0.29, 0.717) is 24.0 Å². The van der Waals surface area contributed by atoms with Crippen LogP contribution in [0.5, 0.6) is 0 Å². The fourth-order valence-electron chi connectivity index (χ4n) is 7.05. The monoisotopic (exact) mass is 660 g/mol. The molecule has 4 atom stereocenters. The van der Waals surface area contributed by atoms with Gasteiger partial charge in [0, 0.05) is 38.3 Å². The average molecular weight is 661 g/mol. The number of benzene rings is 4. The van der Waals surface area contributed by atoms with Gasteiger partial charge in [-0.1, -0.05) is 84.9 Å². The molecule has 254 valence electrons. The summed E-state index contributed by atoms with van der Waals surface area (Å²) in [4.78, 5) is 44.3. The van der Waals surface area contributed by atoms with Gasteiger partial charge in [0.05, 0.1) is 12.1 Å². The van der Waals surface area contributed by atoms with Crippen LogP contribution in [0.4, 0.5) is 4.79 Å². The number of carbonyl (C=O) groups is 3. The number of carbonyl (C=O) groups excluding carboxylic acids is 3. The minimum Gasteiger partial charge on any atom is -0.355 e. The topological polar surface area (TPSA) is 100 Å². The van der Waals surface area contributed by atoms with Gasteiger partial charge in [-0.2, -0.15) is 0 Å². The molecule has 0 aromatic heterocycles. The van der Waals surface area contributed by atoms with E-state index < -0.39 is 30.1 Å². The highest BCUT2D eigenvalue weighted by molar-refractivity contribution is 5.94. The summed E-state index contributed by atoms with van der Waals surface area (Å²) < 4.78 is 13.6. The first-order valence-corrected chi connectivity index (χ1v) is 16.8. The highest BCUT2D eigenvalue weighted by Crippen LogP contribution is 2.40. The molecular weight excluding hydrogens is 616 g/mol. The number of ether oxygens (including phenoxy) is 2. The van der Waals surface area contributed by atoms with E-state index in [1.165, 1.54) is 0 Å². The molecule has 9 heteroatoms. The van der Waals surface area contributed by atoms with Gasteiger partial charge < -0.3 is 29.9 Å². The number of hydrogen-bond acceptors (Lipinski definition) is 5. The second kappa shape index (κ2) is 14.6. The van der Waals surface area contributed by atoms with E-state index in [-0.39, 0.29) is 30.9 Å². The van der Waals surface area contributed by atoms with Crippen molar-refractivity contribution in [2.24, 2.45) is 0 Å². The van der Waals surface area contributed by atoms with Gasteiger partial charge in [0.1, 0.15) is 12.2 Å². The maximum absolute atomic E-state index is 15.3. The summed E-state index contributed by atoms with van der Waals surface area (Å²) in [7, 11) is 3.21. The quantitative estimate of drug-likeness (QED) is 0.231. The van der Waals surface area contributed by atoms with Crippen LogP contribution in [0.3, 0.4) is 0 Å². The second-order valence-corrected chi connectivity index (χ2v) is 13.2. The maximum Gasteiger partial charge on any atom is 0.321 e. The van der Waals surface area contributed by atoms with Gasteiger partial charge in [0.2, 0.25) is 0 Å². The van der Waals surface area contributed by atoms with Crippen LogP contribution >= 0.6 is 0 Å². The molecule has 6 rings (SSSR count). The van der Waals surface area contributed by atoms with E-state index in [9.17, 15) is 9.59 Å². The SMILES string of the molecule is CNC(=O)c1cccc(CN2C(=O)N(Cc3cccc(C(=O)NC)c3)[C@H](Cc3ccccc3)[C@@H]3OC(C)(C)O[C@H]3[C@H]2Cc2ccccc2)c1. The highest BCUT2D eigenvalue weighted by atomic mass is 16.8. The molecule has 49 heavy (non-hydrogen) atoms. The van der Waals surface area contributed by atoms with E-state index in [1.54, 1.807) is 26.2 Å². The zero-order chi connectivity index (χ0) is 34.5. The zero-order valence-electron chi connectivity index (χ0n) is 28.5. The minimum atomic E-state index is -0.894. The van der Waals surface area contributed by atoms with Crippen molar-refractivity contribution >= 4 is 17.8 Å². The molecule has 2 aliphatic rings. The lowest BCUT2D eigenvalue weighted by Gasteiger charge is -2.37. The van der Waals surface area contributed by atoms with Crippen molar-refractivity contribution < 1.29 is 23.9 Å². The summed E-state index contributed by atoms with van der Waals surface area (Å²) in [6.07, 6.45) is 0.162. The molecule has 0 unspecified atom stereocenters. The summed E-state index contributed by atoms with van der Waals surface area (Å²) >= 11 is 0. The second-order valence-electron chi connectivity index (χ2n) is 13.2. The summed E-state index contributed by atoms with van der Waals surface area (Å²) in [5.41, 5.74) is 4.83. The van der Waals surface area contributed by atoms with Crippen molar-refractivity contribution in [3.63, 3.8) is 0 Å². The number of nitrogens with one attached hydrogen (secondary N) is 2. The van der Waals surface area contributed by atoms with E-state index in [1.807, 2.05) is 96.4 Å². The normalized spacial score (nSPS) is 21.5. The number of hydrogen-bond donors (Lipinski definition) is 2. The van der Waals surface area contributed by atoms with E-state index in [0.717, 1.165) is 22.3 Å². The lowest BCUT2D eigenvalue weighted by atomic mass is 9.90. The summed E-state index contributed by atoms with van der Waals surface area (Å²) in [5.74, 6) is -1.28. The molecule has 4 aromatic carbocycles. The van der Waals surface area contributed by atoms with Gasteiger partial charge in [0.25, 0.3) is 11.8 Å². The van der Waals surface area contributed by atoms with E-state index >= 15 is 4.79 Å². The fraction of sp³-hybridized carbons (Fsp3) is 0.325. The number of fused-ring (bicyclic) bond motifs is 1. The van der Waals surface area contributed by atoms with Crippen LogP contribution in [-0.4, -0.2) is 71.8 Å². The minimum absolute atomic E-state index is 0.169.